The van der Waals surface area contributed by atoms with Gasteiger partial charge in [0.05, 0.1) is 17.7 Å². The number of hydrogen-bond donors (Lipinski definition) is 1. The lowest BCUT2D eigenvalue weighted by Gasteiger charge is -2.32. The van der Waals surface area contributed by atoms with Crippen molar-refractivity contribution in [3.8, 4) is 5.75 Å². The van der Waals surface area contributed by atoms with Crippen molar-refractivity contribution in [1.82, 2.24) is 9.62 Å². The van der Waals surface area contributed by atoms with Gasteiger partial charge in [-0.15, -0.1) is 0 Å². The van der Waals surface area contributed by atoms with Gasteiger partial charge in [0.2, 0.25) is 15.9 Å². The molecule has 0 atom stereocenters. The number of sulfonamides is 1. The molecule has 1 N–H and O–H groups in total. The Hall–Kier alpha value is -3.36. The van der Waals surface area contributed by atoms with Crippen molar-refractivity contribution in [3.05, 3.63) is 89.4 Å². The number of piperidine rings is 1. The number of benzene rings is 2. The van der Waals surface area contributed by atoms with Crippen LogP contribution in [0.1, 0.15) is 35.3 Å². The van der Waals surface area contributed by atoms with E-state index in [1.807, 2.05) is 36.9 Å². The number of para-hydroxylation sites is 1. The van der Waals surface area contributed by atoms with Crippen molar-refractivity contribution in [1.29, 1.82) is 0 Å². The predicted molar refractivity (Wildman–Crippen MR) is 134 cm³/mol. The van der Waals surface area contributed by atoms with Crippen molar-refractivity contribution in [2.45, 2.75) is 44.2 Å². The van der Waals surface area contributed by atoms with Crippen LogP contribution >= 0.6 is 0 Å². The number of nitrogens with zero attached hydrogens (tertiary/aromatic N) is 1. The number of likely N-dealkylation sites (tertiary alicyclic amines) is 1. The Morgan fingerprint density at radius 3 is 2.37 bits per heavy atom. The summed E-state index contributed by atoms with van der Waals surface area (Å²) in [6.07, 6.45) is 6.39. The molecule has 2 aromatic carbocycles. The van der Waals surface area contributed by atoms with Crippen LogP contribution in [0.2, 0.25) is 0 Å². The number of rotatable bonds is 8. The van der Waals surface area contributed by atoms with Gasteiger partial charge in [0, 0.05) is 32.0 Å². The summed E-state index contributed by atoms with van der Waals surface area (Å²) < 4.78 is 38.8. The zero-order valence-corrected chi connectivity index (χ0v) is 20.8. The van der Waals surface area contributed by atoms with Gasteiger partial charge in [-0.1, -0.05) is 30.3 Å². The van der Waals surface area contributed by atoms with Crippen LogP contribution in [0.4, 0.5) is 0 Å². The second-order valence-corrected chi connectivity index (χ2v) is 10.4. The van der Waals surface area contributed by atoms with Gasteiger partial charge < -0.3 is 14.1 Å². The third kappa shape index (κ3) is 6.41. The normalized spacial score (nSPS) is 15.0. The maximum atomic E-state index is 12.7. The van der Waals surface area contributed by atoms with Crippen molar-refractivity contribution in [3.63, 3.8) is 0 Å². The van der Waals surface area contributed by atoms with Crippen LogP contribution in [0.5, 0.6) is 5.75 Å². The highest BCUT2D eigenvalue weighted by atomic mass is 32.2. The minimum Gasteiger partial charge on any atom is -0.490 e. The third-order valence-corrected chi connectivity index (χ3v) is 7.49. The first-order chi connectivity index (χ1) is 16.8. The molecule has 1 aliphatic heterocycles. The smallest absolute Gasteiger partial charge is 0.246 e. The standard InChI is InChI=1S/C27H30N2O5S/c1-20-5-3-6-21(2)27(20)34-23-14-16-29(17-15-23)26(30)13-10-22-8-11-25(12-9-22)35(31,32)28-19-24-7-4-18-33-24/h3-13,18,23,28H,14-17,19H2,1-2H3/b13-10+. The number of nitrogens with one attached hydrogen (secondary N) is 1. The Morgan fingerprint density at radius 2 is 1.74 bits per heavy atom. The highest BCUT2D eigenvalue weighted by Crippen LogP contribution is 2.26. The fourth-order valence-electron chi connectivity index (χ4n) is 4.04. The van der Waals surface area contributed by atoms with Gasteiger partial charge >= 0.3 is 0 Å². The number of carbonyl (C=O) groups excluding carboxylic acids is 1. The number of aryl methyl sites for hydroxylation is 2. The summed E-state index contributed by atoms with van der Waals surface area (Å²) in [6.45, 7) is 5.45. The van der Waals surface area contributed by atoms with Gasteiger partial charge in [0.25, 0.3) is 0 Å². The predicted octanol–water partition coefficient (Wildman–Crippen LogP) is 4.46. The molecular formula is C27H30N2O5S. The molecular weight excluding hydrogens is 464 g/mol. The minimum absolute atomic E-state index is 0.0627. The zero-order valence-electron chi connectivity index (χ0n) is 19.9. The van der Waals surface area contributed by atoms with Gasteiger partial charge in [0.1, 0.15) is 17.6 Å². The SMILES string of the molecule is Cc1cccc(C)c1OC1CCN(C(=O)/C=C/c2ccc(S(=O)(=O)NCc3ccco3)cc2)CC1. The van der Waals surface area contributed by atoms with Crippen LogP contribution in [0, 0.1) is 13.8 Å². The molecule has 1 fully saturated rings. The number of amides is 1. The maximum Gasteiger partial charge on any atom is 0.246 e. The third-order valence-electron chi connectivity index (χ3n) is 6.07. The van der Waals surface area contributed by atoms with E-state index in [1.165, 1.54) is 24.5 Å². The first-order valence-corrected chi connectivity index (χ1v) is 13.1. The van der Waals surface area contributed by atoms with Gasteiger partial charge in [-0.3, -0.25) is 4.79 Å². The molecule has 0 radical (unpaired) electrons. The maximum absolute atomic E-state index is 12.7. The van der Waals surface area contributed by atoms with Gasteiger partial charge in [-0.05, 0) is 60.9 Å². The number of ether oxygens (including phenoxy) is 1. The van der Waals surface area contributed by atoms with E-state index >= 15 is 0 Å². The molecule has 1 amide bonds. The van der Waals surface area contributed by atoms with E-state index in [9.17, 15) is 13.2 Å². The Balaban J connectivity index is 1.28. The number of furan rings is 1. The van der Waals surface area contributed by atoms with E-state index in [0.29, 0.717) is 18.8 Å². The highest BCUT2D eigenvalue weighted by Gasteiger charge is 2.23. The summed E-state index contributed by atoms with van der Waals surface area (Å²) in [5, 5.41) is 0. The molecule has 2 heterocycles. The fourth-order valence-corrected chi connectivity index (χ4v) is 5.03. The van der Waals surface area contributed by atoms with E-state index in [1.54, 1.807) is 30.3 Å². The Bertz CT molecular complexity index is 1250. The van der Waals surface area contributed by atoms with Crippen LogP contribution < -0.4 is 9.46 Å². The van der Waals surface area contributed by atoms with Gasteiger partial charge in [-0.25, -0.2) is 13.1 Å². The van der Waals surface area contributed by atoms with E-state index in [2.05, 4.69) is 4.72 Å². The van der Waals surface area contributed by atoms with Crippen molar-refractivity contribution in [2.75, 3.05) is 13.1 Å². The Kier molecular flexibility index (Phi) is 7.73. The van der Waals surface area contributed by atoms with Gasteiger partial charge in [0.15, 0.2) is 0 Å². The molecule has 0 spiro atoms. The first-order valence-electron chi connectivity index (χ1n) is 11.6. The first kappa shape index (κ1) is 24.8. The lowest BCUT2D eigenvalue weighted by Crippen LogP contribution is -2.41. The minimum atomic E-state index is -3.66. The van der Waals surface area contributed by atoms with Crippen LogP contribution in [0.25, 0.3) is 6.08 Å². The van der Waals surface area contributed by atoms with Gasteiger partial charge in [-0.2, -0.15) is 0 Å². The number of carbonyl (C=O) groups is 1. The largest absolute Gasteiger partial charge is 0.490 e. The molecule has 4 rings (SSSR count). The molecule has 3 aromatic rings. The summed E-state index contributed by atoms with van der Waals surface area (Å²) in [5.74, 6) is 1.42. The molecule has 1 aliphatic rings. The highest BCUT2D eigenvalue weighted by molar-refractivity contribution is 7.89. The Labute approximate surface area is 206 Å². The quantitative estimate of drug-likeness (QED) is 0.467. The molecule has 8 heteroatoms. The molecule has 184 valence electrons. The summed E-state index contributed by atoms with van der Waals surface area (Å²) in [5.41, 5.74) is 2.99. The molecule has 1 aromatic heterocycles. The average molecular weight is 495 g/mol. The van der Waals surface area contributed by atoms with Crippen LogP contribution in [0.3, 0.4) is 0 Å². The lowest BCUT2D eigenvalue weighted by atomic mass is 10.1. The molecule has 35 heavy (non-hydrogen) atoms. The summed E-state index contributed by atoms with van der Waals surface area (Å²) in [4.78, 5) is 14.6. The van der Waals surface area contributed by atoms with Crippen molar-refractivity contribution >= 4 is 22.0 Å². The molecule has 0 unspecified atom stereocenters. The van der Waals surface area contributed by atoms with Crippen LogP contribution in [-0.2, 0) is 21.4 Å². The zero-order chi connectivity index (χ0) is 24.8. The molecule has 0 aliphatic carbocycles. The molecule has 0 saturated carbocycles. The fraction of sp³-hybridized carbons (Fsp3) is 0.296. The second kappa shape index (κ2) is 10.9. The second-order valence-electron chi connectivity index (χ2n) is 8.67. The summed E-state index contributed by atoms with van der Waals surface area (Å²) in [6, 6.07) is 15.9. The topological polar surface area (TPSA) is 88.8 Å². The van der Waals surface area contributed by atoms with Crippen molar-refractivity contribution in [2.24, 2.45) is 0 Å². The van der Waals surface area contributed by atoms with Crippen LogP contribution in [-0.4, -0.2) is 38.4 Å². The molecule has 7 nitrogen and oxygen atoms in total. The van der Waals surface area contributed by atoms with Crippen LogP contribution in [0.15, 0.2) is 76.2 Å². The van der Waals surface area contributed by atoms with E-state index < -0.39 is 10.0 Å². The summed E-state index contributed by atoms with van der Waals surface area (Å²) in [7, 11) is -3.66. The van der Waals surface area contributed by atoms with E-state index in [-0.39, 0.29) is 23.5 Å². The molecule has 0 bridgehead atoms. The summed E-state index contributed by atoms with van der Waals surface area (Å²) >= 11 is 0. The Morgan fingerprint density at radius 1 is 1.06 bits per heavy atom. The van der Waals surface area contributed by atoms with E-state index in [4.69, 9.17) is 9.15 Å². The average Bonchev–Trinajstić information content (AvgIpc) is 3.38. The number of hydrogen-bond acceptors (Lipinski definition) is 5. The lowest BCUT2D eigenvalue weighted by molar-refractivity contribution is -0.127. The molecule has 1 saturated heterocycles. The van der Waals surface area contributed by atoms with E-state index in [0.717, 1.165) is 35.3 Å². The monoisotopic (exact) mass is 494 g/mol. The van der Waals surface area contributed by atoms with Crippen molar-refractivity contribution < 1.29 is 22.4 Å².